The smallest absolute Gasteiger partial charge is 0.320 e. The standard InChI is InChI=1S/C25H17BrF8N2O2/c1-23(28,25(32,33)34)14-11-16(24(29,30)31)20(17(26)12-14)35-21(37)15-9-6-10-18(19(15)27)36(2)22(38)13-7-4-3-5-8-13/h3-12H,1-2H3,(H,35,37). The minimum Gasteiger partial charge on any atom is -0.320 e. The number of hydrogen-bond acceptors (Lipinski definition) is 2. The van der Waals surface area contributed by atoms with E-state index in [1.165, 1.54) is 25.2 Å². The van der Waals surface area contributed by atoms with Crippen LogP contribution in [-0.2, 0) is 11.8 Å². The third-order valence-corrected chi connectivity index (χ3v) is 6.24. The van der Waals surface area contributed by atoms with Crippen molar-refractivity contribution in [3.8, 4) is 0 Å². The molecule has 3 rings (SSSR count). The quantitative estimate of drug-likeness (QED) is 0.300. The van der Waals surface area contributed by atoms with Gasteiger partial charge in [0.1, 0.15) is 0 Å². The maximum atomic E-state index is 15.3. The molecule has 0 radical (unpaired) electrons. The summed E-state index contributed by atoms with van der Waals surface area (Å²) in [6.45, 7) is 0.0568. The first-order valence-electron chi connectivity index (χ1n) is 10.6. The van der Waals surface area contributed by atoms with Crippen molar-refractivity contribution in [2.45, 2.75) is 24.9 Å². The SMILES string of the molecule is CN(C(=O)c1ccccc1)c1cccc(C(=O)Nc2c(Br)cc(C(C)(F)C(F)(F)F)cc2C(F)(F)F)c1F. The van der Waals surface area contributed by atoms with Crippen LogP contribution in [0.2, 0.25) is 0 Å². The van der Waals surface area contributed by atoms with E-state index < -0.39 is 62.5 Å². The van der Waals surface area contributed by atoms with Crippen LogP contribution in [0.1, 0.15) is 38.8 Å². The number of carbonyl (C=O) groups excluding carboxylic acids is 2. The largest absolute Gasteiger partial charge is 0.426 e. The van der Waals surface area contributed by atoms with Crippen molar-refractivity contribution in [3.05, 3.63) is 93.2 Å². The highest BCUT2D eigenvalue weighted by Gasteiger charge is 2.54. The van der Waals surface area contributed by atoms with Gasteiger partial charge in [-0.2, -0.15) is 26.3 Å². The Morgan fingerprint density at radius 3 is 2.05 bits per heavy atom. The van der Waals surface area contributed by atoms with Crippen LogP contribution >= 0.6 is 15.9 Å². The van der Waals surface area contributed by atoms with Crippen molar-refractivity contribution in [1.29, 1.82) is 0 Å². The van der Waals surface area contributed by atoms with Gasteiger partial charge in [-0.05, 0) is 64.8 Å². The Hall–Kier alpha value is -3.48. The minimum atomic E-state index is -5.53. The average molecular weight is 609 g/mol. The summed E-state index contributed by atoms with van der Waals surface area (Å²) in [7, 11) is 1.22. The fourth-order valence-corrected chi connectivity index (χ4v) is 3.97. The van der Waals surface area contributed by atoms with Gasteiger partial charge in [-0.3, -0.25) is 9.59 Å². The summed E-state index contributed by atoms with van der Waals surface area (Å²) in [6.07, 6.45) is -10.9. The second-order valence-corrected chi connectivity index (χ2v) is 9.06. The molecule has 0 aliphatic heterocycles. The van der Waals surface area contributed by atoms with Gasteiger partial charge < -0.3 is 10.2 Å². The number of hydrogen-bond donors (Lipinski definition) is 1. The Morgan fingerprint density at radius 1 is 0.895 bits per heavy atom. The molecular weight excluding hydrogens is 592 g/mol. The first-order chi connectivity index (χ1) is 17.5. The summed E-state index contributed by atoms with van der Waals surface area (Å²) >= 11 is 2.66. The number of anilines is 2. The third-order valence-electron chi connectivity index (χ3n) is 5.62. The molecule has 0 aromatic heterocycles. The number of halogens is 9. The molecule has 1 atom stereocenters. The lowest BCUT2D eigenvalue weighted by atomic mass is 9.94. The Bertz CT molecular complexity index is 1370. The molecule has 4 nitrogen and oxygen atoms in total. The zero-order valence-electron chi connectivity index (χ0n) is 19.4. The summed E-state index contributed by atoms with van der Waals surface area (Å²) < 4.78 is 110. The van der Waals surface area contributed by atoms with E-state index in [0.29, 0.717) is 6.07 Å². The van der Waals surface area contributed by atoms with Crippen LogP contribution in [0, 0.1) is 5.82 Å². The predicted octanol–water partition coefficient (Wildman–Crippen LogP) is 7.88. The Labute approximate surface area is 219 Å². The molecule has 0 aliphatic rings. The molecule has 1 N–H and O–H groups in total. The Morgan fingerprint density at radius 2 is 1.50 bits per heavy atom. The van der Waals surface area contributed by atoms with Gasteiger partial charge in [0.05, 0.1) is 22.5 Å². The zero-order chi connectivity index (χ0) is 28.6. The first-order valence-corrected chi connectivity index (χ1v) is 11.4. The van der Waals surface area contributed by atoms with Crippen LogP contribution in [0.15, 0.2) is 65.1 Å². The second-order valence-electron chi connectivity index (χ2n) is 8.20. The zero-order valence-corrected chi connectivity index (χ0v) is 21.0. The topological polar surface area (TPSA) is 49.4 Å². The molecule has 0 heterocycles. The summed E-state index contributed by atoms with van der Waals surface area (Å²) in [5.41, 5.74) is -9.29. The van der Waals surface area contributed by atoms with Crippen molar-refractivity contribution >= 4 is 39.1 Å². The Kier molecular flexibility index (Phi) is 7.92. The summed E-state index contributed by atoms with van der Waals surface area (Å²) in [5, 5.41) is 1.83. The van der Waals surface area contributed by atoms with E-state index in [2.05, 4.69) is 15.9 Å². The highest BCUT2D eigenvalue weighted by molar-refractivity contribution is 9.10. The number of alkyl halides is 7. The van der Waals surface area contributed by atoms with Crippen molar-refractivity contribution in [3.63, 3.8) is 0 Å². The van der Waals surface area contributed by atoms with E-state index in [1.807, 2.05) is 5.32 Å². The average Bonchev–Trinajstić information content (AvgIpc) is 2.83. The number of carbonyl (C=O) groups is 2. The van der Waals surface area contributed by atoms with Gasteiger partial charge in [-0.25, -0.2) is 8.78 Å². The number of amides is 2. The maximum absolute atomic E-state index is 15.3. The highest BCUT2D eigenvalue weighted by Crippen LogP contribution is 2.47. The molecule has 13 heteroatoms. The molecule has 0 saturated carbocycles. The maximum Gasteiger partial charge on any atom is 0.426 e. The normalized spacial score (nSPS) is 13.6. The fraction of sp³-hybridized carbons (Fsp3) is 0.200. The molecule has 202 valence electrons. The number of nitrogens with one attached hydrogen (secondary N) is 1. The van der Waals surface area contributed by atoms with Gasteiger partial charge in [0.2, 0.25) is 5.67 Å². The van der Waals surface area contributed by atoms with Crippen LogP contribution in [-0.4, -0.2) is 25.0 Å². The highest BCUT2D eigenvalue weighted by atomic mass is 79.9. The van der Waals surface area contributed by atoms with Crippen LogP contribution in [0.5, 0.6) is 0 Å². The Balaban J connectivity index is 2.02. The van der Waals surface area contributed by atoms with Crippen LogP contribution in [0.25, 0.3) is 0 Å². The molecule has 2 amide bonds. The summed E-state index contributed by atoms with van der Waals surface area (Å²) in [5.74, 6) is -3.28. The van der Waals surface area contributed by atoms with Crippen LogP contribution < -0.4 is 10.2 Å². The number of nitrogens with zero attached hydrogens (tertiary/aromatic N) is 1. The van der Waals surface area contributed by atoms with Crippen molar-refractivity contribution in [2.75, 3.05) is 17.3 Å². The van der Waals surface area contributed by atoms with Crippen LogP contribution in [0.4, 0.5) is 46.5 Å². The van der Waals surface area contributed by atoms with E-state index in [0.717, 1.165) is 17.0 Å². The predicted molar refractivity (Wildman–Crippen MR) is 127 cm³/mol. The third kappa shape index (κ3) is 5.66. The van der Waals surface area contributed by atoms with E-state index in [-0.39, 0.29) is 24.2 Å². The van der Waals surface area contributed by atoms with Crippen molar-refractivity contribution in [1.82, 2.24) is 0 Å². The van der Waals surface area contributed by atoms with Gasteiger partial charge in [0.25, 0.3) is 11.8 Å². The van der Waals surface area contributed by atoms with Gasteiger partial charge in [0.15, 0.2) is 5.82 Å². The van der Waals surface area contributed by atoms with Gasteiger partial charge in [-0.1, -0.05) is 24.3 Å². The number of benzene rings is 3. The first kappa shape index (κ1) is 29.1. The summed E-state index contributed by atoms with van der Waals surface area (Å²) in [4.78, 5) is 26.4. The van der Waals surface area contributed by atoms with E-state index in [1.54, 1.807) is 18.2 Å². The second kappa shape index (κ2) is 10.4. The molecule has 1 unspecified atom stereocenters. The molecule has 0 aliphatic carbocycles. The molecule has 3 aromatic rings. The van der Waals surface area contributed by atoms with Gasteiger partial charge in [0, 0.05) is 17.1 Å². The molecule has 0 saturated heterocycles. The van der Waals surface area contributed by atoms with Crippen molar-refractivity contribution in [2.24, 2.45) is 0 Å². The van der Waals surface area contributed by atoms with Crippen molar-refractivity contribution < 1.29 is 44.7 Å². The fourth-order valence-electron chi connectivity index (χ4n) is 3.41. The lowest BCUT2D eigenvalue weighted by Gasteiger charge is -2.26. The van der Waals surface area contributed by atoms with Gasteiger partial charge in [-0.15, -0.1) is 0 Å². The summed E-state index contributed by atoms with van der Waals surface area (Å²) in [6, 6.07) is 11.4. The van der Waals surface area contributed by atoms with E-state index in [9.17, 15) is 40.3 Å². The molecule has 3 aromatic carbocycles. The monoisotopic (exact) mass is 608 g/mol. The van der Waals surface area contributed by atoms with E-state index in [4.69, 9.17) is 0 Å². The molecular formula is C25H17BrF8N2O2. The lowest BCUT2D eigenvalue weighted by molar-refractivity contribution is -0.228. The van der Waals surface area contributed by atoms with Gasteiger partial charge >= 0.3 is 12.4 Å². The molecule has 38 heavy (non-hydrogen) atoms. The minimum absolute atomic E-state index is 0.0568. The lowest BCUT2D eigenvalue weighted by Crippen LogP contribution is -2.35. The molecule has 0 fully saturated rings. The number of rotatable bonds is 5. The molecule has 0 bridgehead atoms. The van der Waals surface area contributed by atoms with E-state index >= 15 is 4.39 Å². The molecule has 0 spiro atoms. The van der Waals surface area contributed by atoms with Crippen LogP contribution in [0.3, 0.4) is 0 Å².